The van der Waals surface area contributed by atoms with Crippen LogP contribution in [0.15, 0.2) is 53.5 Å². The number of nitrogens with zero attached hydrogens (tertiary/aromatic N) is 2. The van der Waals surface area contributed by atoms with Crippen LogP contribution in [0.4, 0.5) is 10.1 Å². The molecule has 0 radical (unpaired) electrons. The van der Waals surface area contributed by atoms with Crippen LogP contribution < -0.4 is 15.5 Å². The molecule has 0 atom stereocenters. The van der Waals surface area contributed by atoms with Crippen LogP contribution in [0.3, 0.4) is 0 Å². The fourth-order valence-corrected chi connectivity index (χ4v) is 3.11. The number of halogens is 2. The minimum absolute atomic E-state index is 0. The number of guanidine groups is 1. The quantitative estimate of drug-likeness (QED) is 0.373. The van der Waals surface area contributed by atoms with Crippen LogP contribution in [-0.4, -0.2) is 33.6 Å². The third-order valence-electron chi connectivity index (χ3n) is 5.02. The van der Waals surface area contributed by atoms with Gasteiger partial charge in [-0.25, -0.2) is 4.39 Å². The van der Waals surface area contributed by atoms with Gasteiger partial charge in [0.25, 0.3) is 0 Å². The lowest BCUT2D eigenvalue weighted by atomic mass is 9.96. The topological polar surface area (TPSA) is 39.7 Å². The highest BCUT2D eigenvalue weighted by atomic mass is 127. The highest BCUT2D eigenvalue weighted by Crippen LogP contribution is 2.47. The van der Waals surface area contributed by atoms with E-state index in [4.69, 9.17) is 0 Å². The van der Waals surface area contributed by atoms with Crippen LogP contribution in [0.5, 0.6) is 0 Å². The van der Waals surface area contributed by atoms with Crippen molar-refractivity contribution >= 4 is 35.6 Å². The molecule has 2 N–H and O–H groups in total. The summed E-state index contributed by atoms with van der Waals surface area (Å²) in [6.07, 6.45) is 2.15. The third-order valence-corrected chi connectivity index (χ3v) is 5.02. The molecule has 27 heavy (non-hydrogen) atoms. The van der Waals surface area contributed by atoms with Crippen molar-refractivity contribution in [2.45, 2.75) is 24.8 Å². The molecule has 0 aliphatic heterocycles. The molecular formula is C21H28FIN4. The molecule has 0 amide bonds. The zero-order chi connectivity index (χ0) is 18.6. The Morgan fingerprint density at radius 3 is 2.37 bits per heavy atom. The van der Waals surface area contributed by atoms with Crippen molar-refractivity contribution in [3.63, 3.8) is 0 Å². The maximum absolute atomic E-state index is 13.5. The first-order chi connectivity index (χ1) is 12.5. The number of hydrogen-bond acceptors (Lipinski definition) is 2. The lowest BCUT2D eigenvalue weighted by Gasteiger charge is -2.19. The van der Waals surface area contributed by atoms with Crippen molar-refractivity contribution in [1.82, 2.24) is 10.6 Å². The molecule has 0 spiro atoms. The van der Waals surface area contributed by atoms with Crippen LogP contribution in [0.2, 0.25) is 0 Å². The largest absolute Gasteiger partial charge is 0.378 e. The molecule has 1 saturated carbocycles. The van der Waals surface area contributed by atoms with Gasteiger partial charge in [0.15, 0.2) is 5.96 Å². The predicted octanol–water partition coefficient (Wildman–Crippen LogP) is 3.91. The Balaban J connectivity index is 0.00000261. The van der Waals surface area contributed by atoms with E-state index in [1.807, 2.05) is 20.2 Å². The summed E-state index contributed by atoms with van der Waals surface area (Å²) in [4.78, 5) is 6.39. The number of anilines is 1. The van der Waals surface area contributed by atoms with Gasteiger partial charge < -0.3 is 15.5 Å². The second kappa shape index (κ2) is 9.39. The van der Waals surface area contributed by atoms with E-state index in [1.54, 1.807) is 19.2 Å². The molecule has 3 rings (SSSR count). The summed E-state index contributed by atoms with van der Waals surface area (Å²) in [5.41, 5.74) is 3.49. The Bertz CT molecular complexity index is 770. The Kier molecular flexibility index (Phi) is 7.47. The molecule has 0 bridgehead atoms. The number of nitrogens with one attached hydrogen (secondary N) is 2. The molecule has 2 aromatic carbocycles. The van der Waals surface area contributed by atoms with E-state index in [0.29, 0.717) is 6.54 Å². The van der Waals surface area contributed by atoms with E-state index < -0.39 is 0 Å². The maximum Gasteiger partial charge on any atom is 0.191 e. The molecule has 1 aliphatic carbocycles. The molecule has 0 unspecified atom stereocenters. The monoisotopic (exact) mass is 482 g/mol. The van der Waals surface area contributed by atoms with Gasteiger partial charge in [0, 0.05) is 45.3 Å². The first-order valence-electron chi connectivity index (χ1n) is 8.99. The highest BCUT2D eigenvalue weighted by molar-refractivity contribution is 14.0. The van der Waals surface area contributed by atoms with Crippen LogP contribution in [-0.2, 0) is 12.0 Å². The van der Waals surface area contributed by atoms with Crippen molar-refractivity contribution < 1.29 is 4.39 Å². The summed E-state index contributed by atoms with van der Waals surface area (Å²) in [5, 5.41) is 6.75. The highest BCUT2D eigenvalue weighted by Gasteiger charge is 2.44. The molecule has 146 valence electrons. The number of aliphatic imine (C=N–C) groups is 1. The van der Waals surface area contributed by atoms with Gasteiger partial charge in [-0.1, -0.05) is 24.3 Å². The van der Waals surface area contributed by atoms with Gasteiger partial charge in [0.1, 0.15) is 5.82 Å². The van der Waals surface area contributed by atoms with Crippen molar-refractivity contribution in [3.05, 3.63) is 65.5 Å². The van der Waals surface area contributed by atoms with Gasteiger partial charge in [-0.2, -0.15) is 0 Å². The van der Waals surface area contributed by atoms with Crippen LogP contribution in [0, 0.1) is 5.82 Å². The van der Waals surface area contributed by atoms with Crippen molar-refractivity contribution in [1.29, 1.82) is 0 Å². The van der Waals surface area contributed by atoms with Gasteiger partial charge in [-0.05, 0) is 48.2 Å². The third kappa shape index (κ3) is 5.57. The number of rotatable bonds is 6. The Labute approximate surface area is 178 Å². The zero-order valence-electron chi connectivity index (χ0n) is 16.1. The Morgan fingerprint density at radius 1 is 1.11 bits per heavy atom. The minimum atomic E-state index is -0.169. The molecule has 1 fully saturated rings. The summed E-state index contributed by atoms with van der Waals surface area (Å²) in [7, 11) is 5.84. The molecule has 0 saturated heterocycles. The van der Waals surface area contributed by atoms with E-state index in [2.05, 4.69) is 44.8 Å². The fraction of sp³-hybridized carbons (Fsp3) is 0.381. The van der Waals surface area contributed by atoms with E-state index in [-0.39, 0.29) is 35.2 Å². The minimum Gasteiger partial charge on any atom is -0.378 e. The van der Waals surface area contributed by atoms with Crippen LogP contribution in [0.1, 0.15) is 24.0 Å². The molecule has 1 aliphatic rings. The van der Waals surface area contributed by atoms with Crippen molar-refractivity contribution in [2.24, 2.45) is 4.99 Å². The summed E-state index contributed by atoms with van der Waals surface area (Å²) < 4.78 is 13.5. The molecule has 6 heteroatoms. The molecular weight excluding hydrogens is 454 g/mol. The lowest BCUT2D eigenvalue weighted by Crippen LogP contribution is -2.40. The number of hydrogen-bond donors (Lipinski definition) is 2. The Hall–Kier alpha value is -1.83. The van der Waals surface area contributed by atoms with Gasteiger partial charge in [0.2, 0.25) is 0 Å². The summed E-state index contributed by atoms with van der Waals surface area (Å²) in [5.74, 6) is 0.599. The van der Waals surface area contributed by atoms with Crippen molar-refractivity contribution in [2.75, 3.05) is 32.6 Å². The van der Waals surface area contributed by atoms with Gasteiger partial charge >= 0.3 is 0 Å². The van der Waals surface area contributed by atoms with Crippen LogP contribution >= 0.6 is 24.0 Å². The summed E-state index contributed by atoms with van der Waals surface area (Å²) >= 11 is 0. The smallest absolute Gasteiger partial charge is 0.191 e. The molecule has 0 aromatic heterocycles. The second-order valence-corrected chi connectivity index (χ2v) is 7.13. The predicted molar refractivity (Wildman–Crippen MR) is 122 cm³/mol. The summed E-state index contributed by atoms with van der Waals surface area (Å²) in [6, 6.07) is 15.4. The van der Waals surface area contributed by atoms with E-state index in [0.717, 1.165) is 30.9 Å². The van der Waals surface area contributed by atoms with E-state index in [1.165, 1.54) is 17.3 Å². The second-order valence-electron chi connectivity index (χ2n) is 7.13. The first-order valence-corrected chi connectivity index (χ1v) is 8.99. The normalized spacial score (nSPS) is 14.9. The molecule has 2 aromatic rings. The average Bonchev–Trinajstić information content (AvgIpc) is 3.43. The molecule has 0 heterocycles. The Morgan fingerprint density at radius 2 is 1.81 bits per heavy atom. The maximum atomic E-state index is 13.5. The number of benzene rings is 2. The lowest BCUT2D eigenvalue weighted by molar-refractivity contribution is 0.607. The van der Waals surface area contributed by atoms with Gasteiger partial charge in [-0.3, -0.25) is 4.99 Å². The SMILES string of the molecule is CN=C(NCc1ccc(N(C)C)cc1)NCC1(c2cccc(F)c2)CC1.I. The zero-order valence-corrected chi connectivity index (χ0v) is 18.5. The van der Waals surface area contributed by atoms with Crippen LogP contribution in [0.25, 0.3) is 0 Å². The van der Waals surface area contributed by atoms with Gasteiger partial charge in [-0.15, -0.1) is 24.0 Å². The van der Waals surface area contributed by atoms with E-state index >= 15 is 0 Å². The van der Waals surface area contributed by atoms with Crippen molar-refractivity contribution in [3.8, 4) is 0 Å². The van der Waals surface area contributed by atoms with Gasteiger partial charge in [0.05, 0.1) is 0 Å². The van der Waals surface area contributed by atoms with E-state index in [9.17, 15) is 4.39 Å². The molecule has 4 nitrogen and oxygen atoms in total. The standard InChI is InChI=1S/C21H27FN4.HI/c1-23-20(24-14-16-7-9-19(10-8-16)26(2)3)25-15-21(11-12-21)17-5-4-6-18(22)13-17;/h4-10,13H,11-12,14-15H2,1-3H3,(H2,23,24,25);1H. The average molecular weight is 482 g/mol. The summed E-state index contributed by atoms with van der Waals surface area (Å²) in [6.45, 7) is 1.47. The fourth-order valence-electron chi connectivity index (χ4n) is 3.11. The first kappa shape index (κ1) is 21.5.